The SMILES string of the molecule is CCN(C(=O)c1ccc(F)c(S(=O)(=O)Cl)c1)C(C)C. The van der Waals surface area contributed by atoms with E-state index < -0.39 is 19.8 Å². The zero-order valence-electron chi connectivity index (χ0n) is 10.9. The van der Waals surface area contributed by atoms with E-state index in [2.05, 4.69) is 0 Å². The van der Waals surface area contributed by atoms with Crippen molar-refractivity contribution in [3.8, 4) is 0 Å². The zero-order chi connectivity index (χ0) is 14.8. The zero-order valence-corrected chi connectivity index (χ0v) is 12.4. The summed E-state index contributed by atoms with van der Waals surface area (Å²) in [6, 6.07) is 3.09. The molecule has 0 unspecified atom stereocenters. The topological polar surface area (TPSA) is 54.5 Å². The van der Waals surface area contributed by atoms with Gasteiger partial charge in [-0.05, 0) is 39.0 Å². The van der Waals surface area contributed by atoms with Crippen molar-refractivity contribution in [1.29, 1.82) is 0 Å². The van der Waals surface area contributed by atoms with Crippen molar-refractivity contribution >= 4 is 25.6 Å². The van der Waals surface area contributed by atoms with E-state index in [0.29, 0.717) is 6.54 Å². The fraction of sp³-hybridized carbons (Fsp3) is 0.417. The van der Waals surface area contributed by atoms with Crippen LogP contribution in [0, 0.1) is 5.82 Å². The lowest BCUT2D eigenvalue weighted by Gasteiger charge is -2.25. The molecule has 0 heterocycles. The van der Waals surface area contributed by atoms with E-state index >= 15 is 0 Å². The number of hydrogen-bond donors (Lipinski definition) is 0. The van der Waals surface area contributed by atoms with Crippen LogP contribution in [-0.4, -0.2) is 31.8 Å². The highest BCUT2D eigenvalue weighted by Crippen LogP contribution is 2.21. The van der Waals surface area contributed by atoms with Crippen molar-refractivity contribution in [3.63, 3.8) is 0 Å². The highest BCUT2D eigenvalue weighted by molar-refractivity contribution is 8.13. The molecule has 0 aliphatic rings. The molecule has 0 radical (unpaired) electrons. The lowest BCUT2D eigenvalue weighted by Crippen LogP contribution is -2.36. The number of amides is 1. The molecule has 0 N–H and O–H groups in total. The number of halogens is 2. The van der Waals surface area contributed by atoms with Crippen molar-refractivity contribution in [1.82, 2.24) is 4.90 Å². The molecular formula is C12H15ClFNO3S. The van der Waals surface area contributed by atoms with E-state index in [1.54, 1.807) is 6.92 Å². The minimum absolute atomic E-state index is 0.0430. The lowest BCUT2D eigenvalue weighted by atomic mass is 10.1. The summed E-state index contributed by atoms with van der Waals surface area (Å²) in [5.41, 5.74) is 0.0937. The van der Waals surface area contributed by atoms with Gasteiger partial charge in [-0.15, -0.1) is 0 Å². The molecule has 1 rings (SSSR count). The molecule has 7 heteroatoms. The third-order valence-electron chi connectivity index (χ3n) is 2.67. The third kappa shape index (κ3) is 3.67. The summed E-state index contributed by atoms with van der Waals surface area (Å²) in [4.78, 5) is 13.0. The van der Waals surface area contributed by atoms with Gasteiger partial charge >= 0.3 is 0 Å². The van der Waals surface area contributed by atoms with E-state index in [0.717, 1.165) is 12.1 Å². The summed E-state index contributed by atoms with van der Waals surface area (Å²) in [6.07, 6.45) is 0. The predicted octanol–water partition coefficient (Wildman–Crippen LogP) is 2.62. The van der Waals surface area contributed by atoms with Crippen LogP contribution in [-0.2, 0) is 9.05 Å². The van der Waals surface area contributed by atoms with Gasteiger partial charge in [-0.1, -0.05) is 0 Å². The minimum atomic E-state index is -4.22. The van der Waals surface area contributed by atoms with Gasteiger partial charge in [-0.25, -0.2) is 12.8 Å². The molecule has 0 bridgehead atoms. The first kappa shape index (κ1) is 15.9. The van der Waals surface area contributed by atoms with Gasteiger partial charge in [0.25, 0.3) is 15.0 Å². The highest BCUT2D eigenvalue weighted by Gasteiger charge is 2.22. The van der Waals surface area contributed by atoms with Crippen LogP contribution in [0.2, 0.25) is 0 Å². The average molecular weight is 308 g/mol. The molecule has 19 heavy (non-hydrogen) atoms. The van der Waals surface area contributed by atoms with E-state index in [9.17, 15) is 17.6 Å². The first-order chi connectivity index (χ1) is 8.68. The molecule has 1 amide bonds. The molecule has 0 saturated carbocycles. The van der Waals surface area contributed by atoms with E-state index in [1.807, 2.05) is 13.8 Å². The van der Waals surface area contributed by atoms with Gasteiger partial charge in [0.15, 0.2) is 0 Å². The first-order valence-electron chi connectivity index (χ1n) is 5.73. The summed E-state index contributed by atoms with van der Waals surface area (Å²) in [7, 11) is 0.908. The quantitative estimate of drug-likeness (QED) is 0.804. The number of carbonyl (C=O) groups excluding carboxylic acids is 1. The van der Waals surface area contributed by atoms with Gasteiger partial charge in [-0.2, -0.15) is 0 Å². The van der Waals surface area contributed by atoms with E-state index in [-0.39, 0.29) is 17.5 Å². The molecule has 1 aromatic rings. The van der Waals surface area contributed by atoms with Crippen LogP contribution in [0.4, 0.5) is 4.39 Å². The Morgan fingerprint density at radius 2 is 2.00 bits per heavy atom. The lowest BCUT2D eigenvalue weighted by molar-refractivity contribution is 0.0716. The maximum atomic E-state index is 13.4. The Morgan fingerprint density at radius 3 is 2.42 bits per heavy atom. The summed E-state index contributed by atoms with van der Waals surface area (Å²) in [5, 5.41) is 0. The Morgan fingerprint density at radius 1 is 1.42 bits per heavy atom. The fourth-order valence-corrected chi connectivity index (χ4v) is 2.66. The number of rotatable bonds is 4. The molecule has 0 fully saturated rings. The Labute approximate surface area is 116 Å². The third-order valence-corrected chi connectivity index (χ3v) is 4.00. The van der Waals surface area contributed by atoms with Crippen LogP contribution in [0.5, 0.6) is 0 Å². The Bertz CT molecular complexity index is 587. The number of carbonyl (C=O) groups is 1. The van der Waals surface area contributed by atoms with Crippen LogP contribution in [0.15, 0.2) is 23.1 Å². The van der Waals surface area contributed by atoms with Crippen molar-refractivity contribution in [3.05, 3.63) is 29.6 Å². The number of nitrogens with zero attached hydrogens (tertiary/aromatic N) is 1. The molecule has 106 valence electrons. The van der Waals surface area contributed by atoms with Gasteiger partial charge < -0.3 is 4.90 Å². The second kappa shape index (κ2) is 5.88. The van der Waals surface area contributed by atoms with Crippen LogP contribution < -0.4 is 0 Å². The van der Waals surface area contributed by atoms with Gasteiger partial charge in [0.1, 0.15) is 10.7 Å². The van der Waals surface area contributed by atoms with Gasteiger partial charge in [-0.3, -0.25) is 4.79 Å². The molecular weight excluding hydrogens is 293 g/mol. The Hall–Kier alpha value is -1.14. The second-order valence-electron chi connectivity index (χ2n) is 4.27. The Balaban J connectivity index is 3.27. The molecule has 0 saturated heterocycles. The Kier molecular flexibility index (Phi) is 4.92. The molecule has 4 nitrogen and oxygen atoms in total. The summed E-state index contributed by atoms with van der Waals surface area (Å²) < 4.78 is 35.8. The van der Waals surface area contributed by atoms with Gasteiger partial charge in [0.05, 0.1) is 0 Å². The normalized spacial score (nSPS) is 11.7. The largest absolute Gasteiger partial charge is 0.337 e. The minimum Gasteiger partial charge on any atom is -0.337 e. The van der Waals surface area contributed by atoms with Crippen LogP contribution >= 0.6 is 10.7 Å². The average Bonchev–Trinajstić information content (AvgIpc) is 2.28. The summed E-state index contributed by atoms with van der Waals surface area (Å²) >= 11 is 0. The maximum Gasteiger partial charge on any atom is 0.264 e. The van der Waals surface area contributed by atoms with E-state index in [1.165, 1.54) is 11.0 Å². The summed E-state index contributed by atoms with van der Waals surface area (Å²) in [6.45, 7) is 5.95. The van der Waals surface area contributed by atoms with Crippen molar-refractivity contribution < 1.29 is 17.6 Å². The molecule has 0 spiro atoms. The molecule has 0 aliphatic heterocycles. The monoisotopic (exact) mass is 307 g/mol. The maximum absolute atomic E-state index is 13.4. The summed E-state index contributed by atoms with van der Waals surface area (Å²) in [5.74, 6) is -1.33. The first-order valence-corrected chi connectivity index (χ1v) is 8.04. The standard InChI is InChI=1S/C12H15ClFNO3S/c1-4-15(8(2)3)12(16)9-5-6-10(14)11(7-9)19(13,17)18/h5-8H,4H2,1-3H3. The van der Waals surface area contributed by atoms with Crippen molar-refractivity contribution in [2.24, 2.45) is 0 Å². The van der Waals surface area contributed by atoms with Crippen LogP contribution in [0.25, 0.3) is 0 Å². The number of benzene rings is 1. The van der Waals surface area contributed by atoms with Gasteiger partial charge in [0, 0.05) is 28.8 Å². The van der Waals surface area contributed by atoms with Crippen LogP contribution in [0.1, 0.15) is 31.1 Å². The molecule has 0 aromatic heterocycles. The van der Waals surface area contributed by atoms with Gasteiger partial charge in [0.2, 0.25) is 0 Å². The fourth-order valence-electron chi connectivity index (χ4n) is 1.73. The molecule has 0 atom stereocenters. The molecule has 0 aliphatic carbocycles. The number of hydrogen-bond acceptors (Lipinski definition) is 3. The highest BCUT2D eigenvalue weighted by atomic mass is 35.7. The van der Waals surface area contributed by atoms with E-state index in [4.69, 9.17) is 10.7 Å². The van der Waals surface area contributed by atoms with Crippen molar-refractivity contribution in [2.75, 3.05) is 6.54 Å². The second-order valence-corrected chi connectivity index (χ2v) is 6.80. The predicted molar refractivity (Wildman–Crippen MR) is 71.3 cm³/mol. The molecule has 1 aromatic carbocycles. The van der Waals surface area contributed by atoms with Crippen molar-refractivity contribution in [2.45, 2.75) is 31.7 Å². The van der Waals surface area contributed by atoms with Crippen LogP contribution in [0.3, 0.4) is 0 Å². The smallest absolute Gasteiger partial charge is 0.264 e.